The highest BCUT2D eigenvalue weighted by atomic mass is 16.4. The summed E-state index contributed by atoms with van der Waals surface area (Å²) in [5, 5.41) is 12.3. The van der Waals surface area contributed by atoms with E-state index in [9.17, 15) is 9.59 Å². The van der Waals surface area contributed by atoms with E-state index in [-0.39, 0.29) is 12.1 Å². The molecule has 2 saturated heterocycles. The first-order chi connectivity index (χ1) is 9.09. The fourth-order valence-electron chi connectivity index (χ4n) is 2.93. The Labute approximate surface area is 113 Å². The van der Waals surface area contributed by atoms with Gasteiger partial charge in [-0.1, -0.05) is 0 Å². The van der Waals surface area contributed by atoms with E-state index in [1.165, 1.54) is 0 Å². The molecule has 6 nitrogen and oxygen atoms in total. The third-order valence-electron chi connectivity index (χ3n) is 4.20. The summed E-state index contributed by atoms with van der Waals surface area (Å²) < 4.78 is 0. The maximum absolute atomic E-state index is 12.4. The molecule has 2 N–H and O–H groups in total. The van der Waals surface area contributed by atoms with Crippen molar-refractivity contribution < 1.29 is 14.7 Å². The van der Waals surface area contributed by atoms with E-state index in [0.717, 1.165) is 32.4 Å². The van der Waals surface area contributed by atoms with Gasteiger partial charge in [0, 0.05) is 26.2 Å². The molecule has 0 radical (unpaired) electrons. The highest BCUT2D eigenvalue weighted by molar-refractivity contribution is 5.76. The Kier molecular flexibility index (Phi) is 4.63. The number of nitrogens with zero attached hydrogens (tertiary/aromatic N) is 2. The number of amides is 2. The summed E-state index contributed by atoms with van der Waals surface area (Å²) in [5.74, 6) is -1.19. The molecule has 0 spiro atoms. The number of hydrogen-bond acceptors (Lipinski definition) is 3. The molecule has 0 aromatic heterocycles. The average Bonchev–Trinajstić information content (AvgIpc) is 2.46. The van der Waals surface area contributed by atoms with Crippen molar-refractivity contribution >= 4 is 12.0 Å². The monoisotopic (exact) mass is 269 g/mol. The molecular formula is C13H23N3O3. The molecule has 0 aromatic carbocycles. The molecule has 2 amide bonds. The molecule has 0 saturated carbocycles. The summed E-state index contributed by atoms with van der Waals surface area (Å²) in [4.78, 5) is 26.9. The third-order valence-corrected chi connectivity index (χ3v) is 4.20. The van der Waals surface area contributed by atoms with Gasteiger partial charge in [0.15, 0.2) is 0 Å². The summed E-state index contributed by atoms with van der Waals surface area (Å²) in [5.41, 5.74) is 0. The van der Waals surface area contributed by atoms with E-state index in [2.05, 4.69) is 5.32 Å². The summed E-state index contributed by atoms with van der Waals surface area (Å²) in [7, 11) is 1.84. The van der Waals surface area contributed by atoms with Crippen molar-refractivity contribution in [3.8, 4) is 0 Å². The third kappa shape index (κ3) is 3.37. The molecule has 19 heavy (non-hydrogen) atoms. The number of likely N-dealkylation sites (tertiary alicyclic amines) is 1. The van der Waals surface area contributed by atoms with Gasteiger partial charge in [-0.25, -0.2) is 4.79 Å². The lowest BCUT2D eigenvalue weighted by Gasteiger charge is -2.38. The van der Waals surface area contributed by atoms with E-state index in [4.69, 9.17) is 5.11 Å². The van der Waals surface area contributed by atoms with Gasteiger partial charge >= 0.3 is 12.0 Å². The van der Waals surface area contributed by atoms with E-state index < -0.39 is 11.9 Å². The number of nitrogens with one attached hydrogen (secondary N) is 1. The van der Waals surface area contributed by atoms with Crippen molar-refractivity contribution in [3.05, 3.63) is 0 Å². The van der Waals surface area contributed by atoms with Gasteiger partial charge in [-0.05, 0) is 38.8 Å². The van der Waals surface area contributed by atoms with Crippen LogP contribution in [0.2, 0.25) is 0 Å². The summed E-state index contributed by atoms with van der Waals surface area (Å²) in [6, 6.07) is 0.261. The van der Waals surface area contributed by atoms with Crippen LogP contribution >= 0.6 is 0 Å². The Morgan fingerprint density at radius 1 is 1.26 bits per heavy atom. The molecule has 2 heterocycles. The van der Waals surface area contributed by atoms with Crippen LogP contribution in [0.4, 0.5) is 4.79 Å². The van der Waals surface area contributed by atoms with Gasteiger partial charge in [0.05, 0.1) is 5.92 Å². The number of carboxylic acids is 1. The van der Waals surface area contributed by atoms with Crippen LogP contribution in [0.1, 0.15) is 25.7 Å². The molecule has 1 unspecified atom stereocenters. The average molecular weight is 269 g/mol. The number of carbonyl (C=O) groups excluding carboxylic acids is 1. The van der Waals surface area contributed by atoms with Gasteiger partial charge in [-0.2, -0.15) is 0 Å². The van der Waals surface area contributed by atoms with E-state index >= 15 is 0 Å². The van der Waals surface area contributed by atoms with Crippen LogP contribution in [-0.4, -0.2) is 66.2 Å². The summed E-state index contributed by atoms with van der Waals surface area (Å²) >= 11 is 0. The first-order valence-corrected chi connectivity index (χ1v) is 7.05. The highest BCUT2D eigenvalue weighted by Gasteiger charge is 2.31. The van der Waals surface area contributed by atoms with Crippen LogP contribution in [0.3, 0.4) is 0 Å². The normalized spacial score (nSPS) is 25.1. The van der Waals surface area contributed by atoms with E-state index in [1.807, 2.05) is 7.05 Å². The molecule has 108 valence electrons. The van der Waals surface area contributed by atoms with Gasteiger partial charge in [0.25, 0.3) is 0 Å². The molecule has 0 bridgehead atoms. The standard InChI is InChI=1S/C13H23N3O3/c1-15(11-4-6-14-7-5-11)13(19)16-8-2-3-10(9-16)12(17)18/h10-11,14H,2-9H2,1H3,(H,17,18). The van der Waals surface area contributed by atoms with Gasteiger partial charge in [0.2, 0.25) is 0 Å². The number of carbonyl (C=O) groups is 2. The molecule has 2 rings (SSSR count). The molecule has 2 fully saturated rings. The molecule has 6 heteroatoms. The largest absolute Gasteiger partial charge is 0.481 e. The molecular weight excluding hydrogens is 246 g/mol. The van der Waals surface area contributed by atoms with E-state index in [1.54, 1.807) is 9.80 Å². The van der Waals surface area contributed by atoms with Crippen LogP contribution in [0, 0.1) is 5.92 Å². The van der Waals surface area contributed by atoms with Crippen LogP contribution < -0.4 is 5.32 Å². The number of piperidine rings is 2. The number of rotatable bonds is 2. The Balaban J connectivity index is 1.92. The van der Waals surface area contributed by atoms with Crippen molar-refractivity contribution in [1.82, 2.24) is 15.1 Å². The maximum atomic E-state index is 12.4. The van der Waals surface area contributed by atoms with Gasteiger partial charge in [-0.15, -0.1) is 0 Å². The second-order valence-corrected chi connectivity index (χ2v) is 5.50. The topological polar surface area (TPSA) is 72.9 Å². The first kappa shape index (κ1) is 14.1. The summed E-state index contributed by atoms with van der Waals surface area (Å²) in [6.45, 7) is 2.92. The lowest BCUT2D eigenvalue weighted by atomic mass is 9.98. The fraction of sp³-hybridized carbons (Fsp3) is 0.846. The zero-order valence-corrected chi connectivity index (χ0v) is 11.5. The number of aliphatic carboxylic acids is 1. The molecule has 2 aliphatic rings. The lowest BCUT2D eigenvalue weighted by Crippen LogP contribution is -2.52. The van der Waals surface area contributed by atoms with Crippen LogP contribution in [-0.2, 0) is 4.79 Å². The first-order valence-electron chi connectivity index (χ1n) is 7.05. The minimum atomic E-state index is -0.790. The van der Waals surface area contributed by atoms with Gasteiger partial charge < -0.3 is 20.2 Å². The zero-order chi connectivity index (χ0) is 13.8. The Bertz CT molecular complexity index is 342. The van der Waals surface area contributed by atoms with Crippen LogP contribution in [0.25, 0.3) is 0 Å². The predicted octanol–water partition coefficient (Wildman–Crippen LogP) is 0.587. The Morgan fingerprint density at radius 2 is 1.95 bits per heavy atom. The predicted molar refractivity (Wildman–Crippen MR) is 71.0 cm³/mol. The molecule has 0 aromatic rings. The SMILES string of the molecule is CN(C(=O)N1CCCC(C(=O)O)C1)C1CCNCC1. The lowest BCUT2D eigenvalue weighted by molar-refractivity contribution is -0.143. The number of urea groups is 1. The maximum Gasteiger partial charge on any atom is 0.320 e. The quantitative estimate of drug-likeness (QED) is 0.769. The zero-order valence-electron chi connectivity index (χ0n) is 11.5. The molecule has 0 aliphatic carbocycles. The van der Waals surface area contributed by atoms with Crippen molar-refractivity contribution in [1.29, 1.82) is 0 Å². The Morgan fingerprint density at radius 3 is 2.58 bits per heavy atom. The minimum Gasteiger partial charge on any atom is -0.481 e. The van der Waals surface area contributed by atoms with Gasteiger partial charge in [0.1, 0.15) is 0 Å². The van der Waals surface area contributed by atoms with Crippen LogP contribution in [0.5, 0.6) is 0 Å². The minimum absolute atomic E-state index is 0.0159. The Hall–Kier alpha value is -1.30. The second kappa shape index (κ2) is 6.23. The number of carboxylic acid groups (broad SMARTS) is 1. The molecule has 2 aliphatic heterocycles. The van der Waals surface area contributed by atoms with Crippen molar-refractivity contribution in [2.75, 3.05) is 33.2 Å². The van der Waals surface area contributed by atoms with E-state index in [0.29, 0.717) is 19.5 Å². The van der Waals surface area contributed by atoms with Gasteiger partial charge in [-0.3, -0.25) is 4.79 Å². The molecule has 1 atom stereocenters. The van der Waals surface area contributed by atoms with Crippen LogP contribution in [0.15, 0.2) is 0 Å². The highest BCUT2D eigenvalue weighted by Crippen LogP contribution is 2.19. The van der Waals surface area contributed by atoms with Crippen molar-refractivity contribution in [2.45, 2.75) is 31.7 Å². The second-order valence-electron chi connectivity index (χ2n) is 5.50. The van der Waals surface area contributed by atoms with Crippen molar-refractivity contribution in [2.24, 2.45) is 5.92 Å². The van der Waals surface area contributed by atoms with Crippen molar-refractivity contribution in [3.63, 3.8) is 0 Å². The summed E-state index contributed by atoms with van der Waals surface area (Å²) in [6.07, 6.45) is 3.40. The number of hydrogen-bond donors (Lipinski definition) is 2. The smallest absolute Gasteiger partial charge is 0.320 e. The fourth-order valence-corrected chi connectivity index (χ4v) is 2.93.